The number of nitrogens with zero attached hydrogens (tertiary/aromatic N) is 3. The molecule has 28 heavy (non-hydrogen) atoms. The van der Waals surface area contributed by atoms with Crippen LogP contribution in [0, 0.1) is 12.7 Å². The van der Waals surface area contributed by atoms with Crippen LogP contribution in [-0.2, 0) is 6.42 Å². The van der Waals surface area contributed by atoms with Gasteiger partial charge in [-0.25, -0.2) is 14.2 Å². The maximum atomic E-state index is 13.4. The van der Waals surface area contributed by atoms with Gasteiger partial charge < -0.3 is 14.3 Å². The van der Waals surface area contributed by atoms with Crippen LogP contribution in [0.2, 0.25) is 0 Å². The van der Waals surface area contributed by atoms with E-state index in [1.807, 2.05) is 6.07 Å². The monoisotopic (exact) mass is 382 g/mol. The lowest BCUT2D eigenvalue weighted by molar-refractivity contribution is 0.0708. The summed E-state index contributed by atoms with van der Waals surface area (Å²) in [5, 5.41) is 0. The van der Waals surface area contributed by atoms with Gasteiger partial charge in [-0.05, 0) is 43.5 Å². The average molecular weight is 382 g/mol. The molecule has 1 aliphatic rings. The Labute approximate surface area is 160 Å². The van der Waals surface area contributed by atoms with Gasteiger partial charge in [-0.1, -0.05) is 12.1 Å². The van der Waals surface area contributed by atoms with E-state index in [1.165, 1.54) is 12.1 Å². The van der Waals surface area contributed by atoms with E-state index >= 15 is 0 Å². The van der Waals surface area contributed by atoms with E-state index in [-0.39, 0.29) is 23.5 Å². The molecule has 1 amide bonds. The minimum atomic E-state index is -0.549. The highest BCUT2D eigenvalue weighted by molar-refractivity contribution is 5.92. The Morgan fingerprint density at radius 3 is 3.04 bits per heavy atom. The molecule has 0 bridgehead atoms. The molecule has 7 nitrogen and oxygen atoms in total. The number of aromatic nitrogens is 3. The number of carbonyl (C=O) groups is 1. The van der Waals surface area contributed by atoms with Crippen molar-refractivity contribution in [3.8, 4) is 0 Å². The van der Waals surface area contributed by atoms with E-state index < -0.39 is 5.69 Å². The second-order valence-electron chi connectivity index (χ2n) is 6.88. The first-order valence-corrected chi connectivity index (χ1v) is 9.07. The molecule has 0 aliphatic carbocycles. The third kappa shape index (κ3) is 3.71. The Morgan fingerprint density at radius 1 is 1.39 bits per heavy atom. The minimum Gasteiger partial charge on any atom is -0.443 e. The lowest BCUT2D eigenvalue weighted by Crippen LogP contribution is -2.33. The molecule has 0 radical (unpaired) electrons. The van der Waals surface area contributed by atoms with Gasteiger partial charge in [0, 0.05) is 18.7 Å². The highest BCUT2D eigenvalue weighted by Gasteiger charge is 2.34. The minimum absolute atomic E-state index is 0.111. The van der Waals surface area contributed by atoms with Crippen LogP contribution in [0.5, 0.6) is 0 Å². The van der Waals surface area contributed by atoms with Crippen molar-refractivity contribution < 1.29 is 13.6 Å². The van der Waals surface area contributed by atoms with Crippen LogP contribution in [0.25, 0.3) is 0 Å². The van der Waals surface area contributed by atoms with Crippen LogP contribution in [0.15, 0.2) is 45.7 Å². The zero-order valence-electron chi connectivity index (χ0n) is 15.3. The Kier molecular flexibility index (Phi) is 4.77. The number of benzene rings is 1. The first-order valence-electron chi connectivity index (χ1n) is 9.07. The molecule has 1 aliphatic heterocycles. The van der Waals surface area contributed by atoms with E-state index in [1.54, 1.807) is 30.2 Å². The number of hydrogen-bond donors (Lipinski definition) is 1. The molecule has 3 aromatic rings. The van der Waals surface area contributed by atoms with Gasteiger partial charge in [-0.15, -0.1) is 0 Å². The molecule has 8 heteroatoms. The van der Waals surface area contributed by atoms with Crippen LogP contribution >= 0.6 is 0 Å². The van der Waals surface area contributed by atoms with E-state index in [2.05, 4.69) is 15.0 Å². The molecule has 2 aromatic heterocycles. The van der Waals surface area contributed by atoms with Crippen molar-refractivity contribution in [1.29, 1.82) is 0 Å². The Morgan fingerprint density at radius 2 is 2.25 bits per heavy atom. The van der Waals surface area contributed by atoms with E-state index in [0.29, 0.717) is 36.7 Å². The van der Waals surface area contributed by atoms with Crippen LogP contribution in [0.4, 0.5) is 4.39 Å². The smallest absolute Gasteiger partial charge is 0.345 e. The number of carbonyl (C=O) groups excluding carboxylic acids is 1. The lowest BCUT2D eigenvalue weighted by atomic mass is 10.1. The molecule has 144 valence electrons. The van der Waals surface area contributed by atoms with Crippen LogP contribution in [0.1, 0.15) is 52.3 Å². The molecule has 0 spiro atoms. The SMILES string of the molecule is Cc1cc(C(=O)N2CCC[C@@H]2c2ncc(Cc3cccc(F)c3)o2)nc(=O)[nH]1. The van der Waals surface area contributed by atoms with E-state index in [4.69, 9.17) is 4.42 Å². The summed E-state index contributed by atoms with van der Waals surface area (Å²) in [7, 11) is 0. The number of oxazole rings is 1. The third-order valence-corrected chi connectivity index (χ3v) is 4.74. The molecule has 1 fully saturated rings. The molecule has 1 atom stereocenters. The molecular formula is C20H19FN4O3. The molecule has 1 saturated heterocycles. The summed E-state index contributed by atoms with van der Waals surface area (Å²) in [6.45, 7) is 2.24. The van der Waals surface area contributed by atoms with Crippen molar-refractivity contribution in [3.05, 3.63) is 81.4 Å². The standard InChI is InChI=1S/C20H19FN4O3/c1-12-8-16(24-20(27)23-12)19(26)25-7-3-6-17(25)18-22-11-15(28-18)10-13-4-2-5-14(21)9-13/h2,4-5,8-9,11,17H,3,6-7,10H2,1H3,(H,23,24,27)/t17-/m1/s1. The van der Waals surface area contributed by atoms with Crippen LogP contribution in [-0.4, -0.2) is 32.3 Å². The van der Waals surface area contributed by atoms with Crippen molar-refractivity contribution in [1.82, 2.24) is 19.9 Å². The average Bonchev–Trinajstić information content (AvgIpc) is 3.29. The number of rotatable bonds is 4. The first-order chi connectivity index (χ1) is 13.5. The second kappa shape index (κ2) is 7.38. The summed E-state index contributed by atoms with van der Waals surface area (Å²) < 4.78 is 19.2. The zero-order chi connectivity index (χ0) is 19.7. The third-order valence-electron chi connectivity index (χ3n) is 4.74. The Balaban J connectivity index is 1.54. The highest BCUT2D eigenvalue weighted by atomic mass is 19.1. The number of aromatic amines is 1. The molecule has 1 N–H and O–H groups in total. The van der Waals surface area contributed by atoms with Crippen molar-refractivity contribution in [3.63, 3.8) is 0 Å². The molecule has 0 unspecified atom stereocenters. The Hall–Kier alpha value is -3.29. The van der Waals surface area contributed by atoms with E-state index in [0.717, 1.165) is 12.0 Å². The molecule has 0 saturated carbocycles. The van der Waals surface area contributed by atoms with Gasteiger partial charge in [0.25, 0.3) is 5.91 Å². The van der Waals surface area contributed by atoms with Crippen molar-refractivity contribution >= 4 is 5.91 Å². The van der Waals surface area contributed by atoms with Crippen LogP contribution in [0.3, 0.4) is 0 Å². The maximum absolute atomic E-state index is 13.4. The predicted molar refractivity (Wildman–Crippen MR) is 98.3 cm³/mol. The molecule has 3 heterocycles. The summed E-state index contributed by atoms with van der Waals surface area (Å²) >= 11 is 0. The van der Waals surface area contributed by atoms with Crippen molar-refractivity contribution in [2.24, 2.45) is 0 Å². The van der Waals surface area contributed by atoms with Crippen molar-refractivity contribution in [2.75, 3.05) is 6.54 Å². The fourth-order valence-electron chi connectivity index (χ4n) is 3.51. The summed E-state index contributed by atoms with van der Waals surface area (Å²) in [4.78, 5) is 36.8. The maximum Gasteiger partial charge on any atom is 0.345 e. The van der Waals surface area contributed by atoms with Gasteiger partial charge in [0.15, 0.2) is 0 Å². The molecule has 1 aromatic carbocycles. The van der Waals surface area contributed by atoms with Gasteiger partial charge in [0.05, 0.1) is 6.20 Å². The summed E-state index contributed by atoms with van der Waals surface area (Å²) in [6, 6.07) is 7.56. The lowest BCUT2D eigenvalue weighted by Gasteiger charge is -2.21. The number of likely N-dealkylation sites (tertiary alicyclic amines) is 1. The first kappa shape index (κ1) is 18.1. The number of aryl methyl sites for hydroxylation is 1. The number of halogens is 1. The van der Waals surface area contributed by atoms with Gasteiger partial charge in [0.1, 0.15) is 23.3 Å². The zero-order valence-corrected chi connectivity index (χ0v) is 15.3. The molecular weight excluding hydrogens is 363 g/mol. The fourth-order valence-corrected chi connectivity index (χ4v) is 3.51. The largest absolute Gasteiger partial charge is 0.443 e. The van der Waals surface area contributed by atoms with Gasteiger partial charge >= 0.3 is 5.69 Å². The quantitative estimate of drug-likeness (QED) is 0.749. The number of hydrogen-bond acceptors (Lipinski definition) is 5. The second-order valence-corrected chi connectivity index (χ2v) is 6.88. The topological polar surface area (TPSA) is 92.1 Å². The number of nitrogens with one attached hydrogen (secondary N) is 1. The van der Waals surface area contributed by atoms with Gasteiger partial charge in [0.2, 0.25) is 5.89 Å². The van der Waals surface area contributed by atoms with Crippen molar-refractivity contribution in [2.45, 2.75) is 32.2 Å². The summed E-state index contributed by atoms with van der Waals surface area (Å²) in [5.74, 6) is 0.427. The summed E-state index contributed by atoms with van der Waals surface area (Å²) in [6.07, 6.45) is 3.55. The fraction of sp³-hybridized carbons (Fsp3) is 0.300. The van der Waals surface area contributed by atoms with Gasteiger partial charge in [-0.2, -0.15) is 4.98 Å². The number of H-pyrrole nitrogens is 1. The predicted octanol–water partition coefficient (Wildman–Crippen LogP) is 2.77. The Bertz CT molecular complexity index is 1080. The normalized spacial score (nSPS) is 16.5. The summed E-state index contributed by atoms with van der Waals surface area (Å²) in [5.41, 5.74) is 0.921. The molecule has 4 rings (SSSR count). The highest BCUT2D eigenvalue weighted by Crippen LogP contribution is 2.32. The van der Waals surface area contributed by atoms with E-state index in [9.17, 15) is 14.0 Å². The van der Waals surface area contributed by atoms with Gasteiger partial charge in [-0.3, -0.25) is 4.79 Å². The van der Waals surface area contributed by atoms with Crippen LogP contribution < -0.4 is 5.69 Å². The number of amides is 1.